The Labute approximate surface area is 210 Å². The van der Waals surface area contributed by atoms with Crippen molar-refractivity contribution in [3.05, 3.63) is 64.5 Å². The van der Waals surface area contributed by atoms with Crippen LogP contribution in [0.3, 0.4) is 0 Å². The maximum absolute atomic E-state index is 13.3. The number of carbonyl (C=O) groups excluding carboxylic acids is 2. The van der Waals surface area contributed by atoms with Crippen molar-refractivity contribution in [1.82, 2.24) is 0 Å². The molecule has 2 N–H and O–H groups in total. The van der Waals surface area contributed by atoms with Gasteiger partial charge in [-0.15, -0.1) is 0 Å². The Bertz CT molecular complexity index is 1220. The summed E-state index contributed by atoms with van der Waals surface area (Å²) in [5.74, 6) is -0.524. The number of amides is 1. The first-order valence-electron chi connectivity index (χ1n) is 12.2. The molecule has 36 heavy (non-hydrogen) atoms. The van der Waals surface area contributed by atoms with E-state index in [9.17, 15) is 14.4 Å². The number of aryl methyl sites for hydroxylation is 1. The lowest BCUT2D eigenvalue weighted by Crippen LogP contribution is -2.27. The number of hydrogen-bond acceptors (Lipinski definition) is 5. The monoisotopic (exact) mass is 490 g/mol. The van der Waals surface area contributed by atoms with Crippen molar-refractivity contribution in [3.63, 3.8) is 0 Å². The number of anilines is 1. The molecule has 0 bridgehead atoms. The Kier molecular flexibility index (Phi) is 7.70. The highest BCUT2D eigenvalue weighted by molar-refractivity contribution is 5.98. The first kappa shape index (κ1) is 25.4. The minimum atomic E-state index is -0.865. The summed E-state index contributed by atoms with van der Waals surface area (Å²) in [6.07, 6.45) is 3.44. The number of rotatable bonds is 11. The van der Waals surface area contributed by atoms with E-state index in [0.717, 1.165) is 11.1 Å². The highest BCUT2D eigenvalue weighted by Crippen LogP contribution is 2.61. The second kappa shape index (κ2) is 10.9. The first-order valence-corrected chi connectivity index (χ1v) is 12.2. The van der Waals surface area contributed by atoms with Gasteiger partial charge in [0.05, 0.1) is 13.2 Å². The molecular formula is C28H30N2O6. The molecule has 1 heterocycles. The fourth-order valence-electron chi connectivity index (χ4n) is 5.07. The van der Waals surface area contributed by atoms with Gasteiger partial charge in [0.25, 0.3) is 0 Å². The van der Waals surface area contributed by atoms with Crippen LogP contribution in [0.15, 0.2) is 36.4 Å². The van der Waals surface area contributed by atoms with Crippen LogP contribution in [-0.4, -0.2) is 43.1 Å². The van der Waals surface area contributed by atoms with E-state index in [2.05, 4.69) is 10.2 Å². The van der Waals surface area contributed by atoms with Crippen molar-refractivity contribution in [2.45, 2.75) is 50.4 Å². The maximum Gasteiger partial charge on any atom is 0.303 e. The van der Waals surface area contributed by atoms with Crippen molar-refractivity contribution in [1.29, 1.82) is 0 Å². The molecule has 2 aromatic carbocycles. The van der Waals surface area contributed by atoms with Gasteiger partial charge in [-0.2, -0.15) is 0 Å². The number of fused-ring (bicyclic) bond motifs is 2. The van der Waals surface area contributed by atoms with Gasteiger partial charge in [-0.05, 0) is 49.8 Å². The molecule has 1 amide bonds. The fraction of sp³-hybridized carbons (Fsp3) is 0.429. The van der Waals surface area contributed by atoms with Gasteiger partial charge in [0.1, 0.15) is 5.75 Å². The lowest BCUT2D eigenvalue weighted by Gasteiger charge is -2.27. The van der Waals surface area contributed by atoms with Gasteiger partial charge < -0.3 is 19.9 Å². The molecule has 0 radical (unpaired) electrons. The average molecular weight is 491 g/mol. The molecule has 8 nitrogen and oxygen atoms in total. The van der Waals surface area contributed by atoms with Crippen LogP contribution >= 0.6 is 0 Å². The Morgan fingerprint density at radius 2 is 2.03 bits per heavy atom. The van der Waals surface area contributed by atoms with Crippen molar-refractivity contribution in [2.75, 3.05) is 25.6 Å². The summed E-state index contributed by atoms with van der Waals surface area (Å²) in [5, 5.41) is 12.0. The third-order valence-corrected chi connectivity index (χ3v) is 7.11. The lowest BCUT2D eigenvalue weighted by atomic mass is 9.86. The number of ketones is 1. The van der Waals surface area contributed by atoms with Crippen molar-refractivity contribution >= 4 is 29.0 Å². The lowest BCUT2D eigenvalue weighted by molar-refractivity contribution is -0.137. The Morgan fingerprint density at radius 3 is 2.78 bits per heavy atom. The summed E-state index contributed by atoms with van der Waals surface area (Å²) >= 11 is 0. The summed E-state index contributed by atoms with van der Waals surface area (Å²) in [4.78, 5) is 40.2. The minimum Gasteiger partial charge on any atom is -0.493 e. The molecule has 0 unspecified atom stereocenters. The molecule has 1 saturated carbocycles. The summed E-state index contributed by atoms with van der Waals surface area (Å²) in [5.41, 5.74) is 3.03. The van der Waals surface area contributed by atoms with Gasteiger partial charge >= 0.3 is 5.97 Å². The Balaban J connectivity index is 1.49. The third kappa shape index (κ3) is 5.42. The molecule has 1 aliphatic carbocycles. The van der Waals surface area contributed by atoms with Crippen LogP contribution in [-0.2, 0) is 26.2 Å². The van der Waals surface area contributed by atoms with Crippen LogP contribution in [0.2, 0.25) is 0 Å². The highest BCUT2D eigenvalue weighted by Gasteiger charge is 2.61. The van der Waals surface area contributed by atoms with Crippen LogP contribution < -0.4 is 10.1 Å². The predicted molar refractivity (Wildman–Crippen MR) is 134 cm³/mol. The van der Waals surface area contributed by atoms with E-state index >= 15 is 0 Å². The van der Waals surface area contributed by atoms with E-state index in [1.807, 2.05) is 12.1 Å². The summed E-state index contributed by atoms with van der Waals surface area (Å²) in [7, 11) is 1.61. The van der Waals surface area contributed by atoms with E-state index in [1.54, 1.807) is 31.4 Å². The maximum atomic E-state index is 13.3. The number of Topliss-reactive ketones (excluding diaryl/α,β-unsaturated/α-hetero) is 1. The molecule has 188 valence electrons. The standard InChI is InChI=1S/C28H30N2O6/c1-29-20-10-8-18(5-3-7-26(32)33)23(16-20)30-27(34)22-17-28(22)12-14-36-25-15-19(9-11-21(25)28)24(31)6-4-13-35-2/h8-11,15-16,22H,3-7,12-14,17H2,2H3,(H,30,34)(H,32,33)/t22-,28-/m0/s1. The van der Waals surface area contributed by atoms with Crippen LogP contribution in [0.5, 0.6) is 5.75 Å². The van der Waals surface area contributed by atoms with Crippen molar-refractivity contribution < 1.29 is 29.0 Å². The molecule has 8 heteroatoms. The first-order chi connectivity index (χ1) is 17.4. The van der Waals surface area contributed by atoms with Gasteiger partial charge in [-0.25, -0.2) is 4.85 Å². The van der Waals surface area contributed by atoms with E-state index in [1.165, 1.54) is 0 Å². The second-order valence-electron chi connectivity index (χ2n) is 9.43. The van der Waals surface area contributed by atoms with Crippen molar-refractivity contribution in [3.8, 4) is 5.75 Å². The number of nitrogens with zero attached hydrogens (tertiary/aromatic N) is 1. The fourth-order valence-corrected chi connectivity index (χ4v) is 5.07. The average Bonchev–Trinajstić information content (AvgIpc) is 3.59. The summed E-state index contributed by atoms with van der Waals surface area (Å²) in [6.45, 7) is 8.32. The zero-order chi connectivity index (χ0) is 25.7. The zero-order valence-corrected chi connectivity index (χ0v) is 20.3. The second-order valence-corrected chi connectivity index (χ2v) is 9.43. The number of carboxylic acid groups (broad SMARTS) is 1. The van der Waals surface area contributed by atoms with E-state index in [-0.39, 0.29) is 29.4 Å². The number of nitrogens with one attached hydrogen (secondary N) is 1. The molecule has 2 atom stereocenters. The third-order valence-electron chi connectivity index (χ3n) is 7.11. The quantitative estimate of drug-likeness (QED) is 0.263. The van der Waals surface area contributed by atoms with Crippen LogP contribution in [0, 0.1) is 12.5 Å². The minimum absolute atomic E-state index is 0.0390. The zero-order valence-electron chi connectivity index (χ0n) is 20.3. The molecular weight excluding hydrogens is 460 g/mol. The summed E-state index contributed by atoms with van der Waals surface area (Å²) in [6, 6.07) is 10.6. The van der Waals surface area contributed by atoms with Crippen LogP contribution in [0.1, 0.15) is 60.0 Å². The van der Waals surface area contributed by atoms with Gasteiger partial charge in [-0.1, -0.05) is 24.3 Å². The van der Waals surface area contributed by atoms with Crippen LogP contribution in [0.4, 0.5) is 11.4 Å². The number of benzene rings is 2. The highest BCUT2D eigenvalue weighted by atomic mass is 16.5. The largest absolute Gasteiger partial charge is 0.493 e. The number of hydrogen-bond donors (Lipinski definition) is 2. The number of aliphatic carboxylic acids is 1. The number of ether oxygens (including phenoxy) is 2. The van der Waals surface area contributed by atoms with Gasteiger partial charge in [0.2, 0.25) is 5.91 Å². The Hall–Kier alpha value is -3.70. The molecule has 1 aliphatic heterocycles. The number of carboxylic acids is 1. The SMILES string of the molecule is [C-]#[N+]c1ccc(CCCC(=O)O)c(NC(=O)[C@@H]2C[C@]23CCOc2cc(C(=O)CCCOC)ccc23)c1. The van der Waals surface area contributed by atoms with Gasteiger partial charge in [-0.3, -0.25) is 14.4 Å². The predicted octanol–water partition coefficient (Wildman–Crippen LogP) is 4.93. The topological polar surface area (TPSA) is 106 Å². The van der Waals surface area contributed by atoms with Gasteiger partial charge in [0.15, 0.2) is 11.5 Å². The molecule has 0 aromatic heterocycles. The summed E-state index contributed by atoms with van der Waals surface area (Å²) < 4.78 is 10.9. The van der Waals surface area contributed by atoms with E-state index in [0.29, 0.717) is 74.4 Å². The van der Waals surface area contributed by atoms with E-state index in [4.69, 9.17) is 21.2 Å². The molecule has 1 spiro atoms. The van der Waals surface area contributed by atoms with Crippen molar-refractivity contribution in [2.24, 2.45) is 5.92 Å². The Morgan fingerprint density at radius 1 is 1.19 bits per heavy atom. The molecule has 2 aliphatic rings. The van der Waals surface area contributed by atoms with Crippen LogP contribution in [0.25, 0.3) is 4.85 Å². The molecule has 1 fully saturated rings. The smallest absolute Gasteiger partial charge is 0.303 e. The van der Waals surface area contributed by atoms with Gasteiger partial charge in [0, 0.05) is 54.7 Å². The number of carbonyl (C=O) groups is 3. The van der Waals surface area contributed by atoms with E-state index < -0.39 is 5.97 Å². The molecule has 2 aromatic rings. The molecule has 4 rings (SSSR count). The normalized spacial score (nSPS) is 19.6. The number of methoxy groups -OCH3 is 1. The molecule has 0 saturated heterocycles.